The molecule has 0 radical (unpaired) electrons. The van der Waals surface area contributed by atoms with Crippen LogP contribution in [0, 0.1) is 11.3 Å². The number of rotatable bonds is 23. The third-order valence-electron chi connectivity index (χ3n) is 8.41. The Morgan fingerprint density at radius 3 is 2.32 bits per heavy atom. The topological polar surface area (TPSA) is 104 Å². The molecule has 2 rings (SSSR count). The molecule has 0 saturated carbocycles. The first-order valence-electron chi connectivity index (χ1n) is 18.0. The standard InChI is InChI=1S/C38H64N4O4S/c1-9-12-14-15-22-42(35(44)16-13-10-2)33(28(4)5)25-34(46-11-3)37-41-32(27-47-37)36(45)40-31(26-38(6,7)8)24-29-17-19-30(20-18-29)39-21-23-43/h17-20,27-28,31,33-34,39,43H,9-16,21-26H2,1-8H3,(H,40,45). The lowest BCUT2D eigenvalue weighted by molar-refractivity contribution is -0.135. The predicted octanol–water partition coefficient (Wildman–Crippen LogP) is 8.42. The molecule has 0 aliphatic rings. The molecule has 47 heavy (non-hydrogen) atoms. The molecule has 3 N–H and O–H groups in total. The van der Waals surface area contributed by atoms with E-state index in [1.165, 1.54) is 17.8 Å². The number of nitrogens with zero attached hydrogens (tertiary/aromatic N) is 2. The van der Waals surface area contributed by atoms with Crippen LogP contribution in [-0.2, 0) is 16.0 Å². The van der Waals surface area contributed by atoms with Crippen LogP contribution in [0.1, 0.15) is 140 Å². The second kappa shape index (κ2) is 21.5. The Bertz CT molecular complexity index is 1160. The van der Waals surface area contributed by atoms with Crippen LogP contribution in [0.5, 0.6) is 0 Å². The van der Waals surface area contributed by atoms with Gasteiger partial charge in [0.25, 0.3) is 5.91 Å². The van der Waals surface area contributed by atoms with E-state index >= 15 is 0 Å². The minimum absolute atomic E-state index is 0.0245. The summed E-state index contributed by atoms with van der Waals surface area (Å²) in [7, 11) is 0. The van der Waals surface area contributed by atoms with Crippen LogP contribution in [-0.4, -0.2) is 65.2 Å². The SMILES string of the molecule is CCCCCCN(C(=O)CCCC)C(CC(OCC)c1nc(C(=O)NC(Cc2ccc(NCCO)cc2)CC(C)(C)C)cs1)C(C)C. The van der Waals surface area contributed by atoms with Crippen LogP contribution >= 0.6 is 11.3 Å². The lowest BCUT2D eigenvalue weighted by Gasteiger charge is -2.36. The number of unbranched alkanes of at least 4 members (excludes halogenated alkanes) is 4. The molecule has 3 atom stereocenters. The van der Waals surface area contributed by atoms with E-state index in [0.29, 0.717) is 38.1 Å². The number of anilines is 1. The fourth-order valence-corrected chi connectivity index (χ4v) is 6.89. The molecule has 3 unspecified atom stereocenters. The molecular weight excluding hydrogens is 609 g/mol. The van der Waals surface area contributed by atoms with E-state index in [4.69, 9.17) is 14.8 Å². The number of carbonyl (C=O) groups excluding carboxylic acids is 2. The van der Waals surface area contributed by atoms with E-state index < -0.39 is 0 Å². The predicted molar refractivity (Wildman–Crippen MR) is 196 cm³/mol. The smallest absolute Gasteiger partial charge is 0.270 e. The lowest BCUT2D eigenvalue weighted by atomic mass is 9.85. The number of carbonyl (C=O) groups is 2. The molecule has 1 heterocycles. The van der Waals surface area contributed by atoms with Crippen molar-refractivity contribution in [2.24, 2.45) is 11.3 Å². The van der Waals surface area contributed by atoms with Crippen molar-refractivity contribution in [3.63, 3.8) is 0 Å². The van der Waals surface area contributed by atoms with Gasteiger partial charge in [-0.2, -0.15) is 0 Å². The maximum atomic E-state index is 13.6. The van der Waals surface area contributed by atoms with Crippen LogP contribution in [0.2, 0.25) is 0 Å². The Balaban J connectivity index is 2.23. The number of thiazole rings is 1. The number of ether oxygens (including phenoxy) is 1. The first-order chi connectivity index (χ1) is 22.4. The average Bonchev–Trinajstić information content (AvgIpc) is 3.52. The molecule has 9 heteroatoms. The summed E-state index contributed by atoms with van der Waals surface area (Å²) in [4.78, 5) is 34.0. The first-order valence-corrected chi connectivity index (χ1v) is 18.9. The Morgan fingerprint density at radius 1 is 1.02 bits per heavy atom. The summed E-state index contributed by atoms with van der Waals surface area (Å²) in [5.41, 5.74) is 2.53. The van der Waals surface area contributed by atoms with Crippen LogP contribution < -0.4 is 10.6 Å². The van der Waals surface area contributed by atoms with E-state index in [2.05, 4.69) is 76.1 Å². The highest BCUT2D eigenvalue weighted by Crippen LogP contribution is 2.31. The number of aromatic nitrogens is 1. The highest BCUT2D eigenvalue weighted by atomic mass is 32.1. The van der Waals surface area contributed by atoms with Crippen molar-refractivity contribution < 1.29 is 19.4 Å². The maximum Gasteiger partial charge on any atom is 0.270 e. The van der Waals surface area contributed by atoms with Crippen molar-refractivity contribution in [2.45, 2.75) is 138 Å². The summed E-state index contributed by atoms with van der Waals surface area (Å²) in [6, 6.07) is 8.12. The molecule has 1 aromatic carbocycles. The Morgan fingerprint density at radius 2 is 1.72 bits per heavy atom. The number of hydrogen-bond acceptors (Lipinski definition) is 7. The normalized spacial score (nSPS) is 13.7. The van der Waals surface area contributed by atoms with Gasteiger partial charge in [-0.05, 0) is 61.6 Å². The van der Waals surface area contributed by atoms with Crippen molar-refractivity contribution in [1.29, 1.82) is 0 Å². The van der Waals surface area contributed by atoms with Gasteiger partial charge in [0.2, 0.25) is 5.91 Å². The number of nitrogens with one attached hydrogen (secondary N) is 2. The van der Waals surface area contributed by atoms with Crippen molar-refractivity contribution in [1.82, 2.24) is 15.2 Å². The number of hydrogen-bond donors (Lipinski definition) is 3. The molecule has 2 amide bonds. The van der Waals surface area contributed by atoms with Gasteiger partial charge in [-0.25, -0.2) is 4.98 Å². The lowest BCUT2D eigenvalue weighted by Crippen LogP contribution is -2.45. The Labute approximate surface area is 289 Å². The van der Waals surface area contributed by atoms with Crippen LogP contribution in [0.25, 0.3) is 0 Å². The zero-order valence-corrected chi connectivity index (χ0v) is 31.4. The highest BCUT2D eigenvalue weighted by Gasteiger charge is 2.31. The number of aliphatic hydroxyl groups is 1. The van der Waals surface area contributed by atoms with Gasteiger partial charge in [0.1, 0.15) is 16.8 Å². The molecular formula is C38H64N4O4S. The van der Waals surface area contributed by atoms with E-state index in [0.717, 1.165) is 61.3 Å². The summed E-state index contributed by atoms with van der Waals surface area (Å²) in [5.74, 6) is 0.318. The third kappa shape index (κ3) is 15.1. The largest absolute Gasteiger partial charge is 0.395 e. The van der Waals surface area contributed by atoms with Gasteiger partial charge in [-0.1, -0.05) is 86.3 Å². The summed E-state index contributed by atoms with van der Waals surface area (Å²) in [5, 5.41) is 18.2. The van der Waals surface area contributed by atoms with E-state index in [-0.39, 0.29) is 47.9 Å². The van der Waals surface area contributed by atoms with Gasteiger partial charge in [0.05, 0.1) is 6.61 Å². The summed E-state index contributed by atoms with van der Waals surface area (Å²) in [6.45, 7) is 19.2. The third-order valence-corrected chi connectivity index (χ3v) is 9.35. The summed E-state index contributed by atoms with van der Waals surface area (Å²) < 4.78 is 6.28. The molecule has 0 bridgehead atoms. The number of benzene rings is 1. The number of amides is 2. The zero-order chi connectivity index (χ0) is 34.8. The van der Waals surface area contributed by atoms with Crippen molar-refractivity contribution in [3.8, 4) is 0 Å². The number of aliphatic hydroxyl groups excluding tert-OH is 1. The highest BCUT2D eigenvalue weighted by molar-refractivity contribution is 7.09. The Kier molecular flexibility index (Phi) is 18.6. The molecule has 1 aromatic heterocycles. The Hall–Kier alpha value is -2.49. The first kappa shape index (κ1) is 40.7. The van der Waals surface area contributed by atoms with Gasteiger partial charge < -0.3 is 25.4 Å². The van der Waals surface area contributed by atoms with Gasteiger partial charge in [-0.15, -0.1) is 11.3 Å². The van der Waals surface area contributed by atoms with Gasteiger partial charge in [0, 0.05) is 55.7 Å². The van der Waals surface area contributed by atoms with Gasteiger partial charge in [0.15, 0.2) is 0 Å². The summed E-state index contributed by atoms with van der Waals surface area (Å²) in [6.07, 6.45) is 8.85. The van der Waals surface area contributed by atoms with Gasteiger partial charge in [-0.3, -0.25) is 9.59 Å². The minimum Gasteiger partial charge on any atom is -0.395 e. The molecule has 2 aromatic rings. The van der Waals surface area contributed by atoms with Crippen molar-refractivity contribution in [2.75, 3.05) is 31.6 Å². The maximum absolute atomic E-state index is 13.6. The molecule has 0 aliphatic heterocycles. The fourth-order valence-electron chi connectivity index (χ4n) is 6.03. The van der Waals surface area contributed by atoms with Gasteiger partial charge >= 0.3 is 0 Å². The second-order valence-electron chi connectivity index (χ2n) is 14.3. The quantitative estimate of drug-likeness (QED) is 0.102. The molecule has 0 aliphatic carbocycles. The average molecular weight is 673 g/mol. The van der Waals surface area contributed by atoms with E-state index in [9.17, 15) is 9.59 Å². The molecule has 0 spiro atoms. The van der Waals surface area contributed by atoms with Crippen LogP contribution in [0.15, 0.2) is 29.6 Å². The molecule has 0 saturated heterocycles. The molecule has 0 fully saturated rings. The summed E-state index contributed by atoms with van der Waals surface area (Å²) >= 11 is 1.47. The van der Waals surface area contributed by atoms with E-state index in [1.807, 2.05) is 24.4 Å². The van der Waals surface area contributed by atoms with Crippen LogP contribution in [0.3, 0.4) is 0 Å². The minimum atomic E-state index is -0.292. The van der Waals surface area contributed by atoms with Crippen molar-refractivity contribution >= 4 is 28.8 Å². The molecule has 266 valence electrons. The second-order valence-corrected chi connectivity index (χ2v) is 15.2. The van der Waals surface area contributed by atoms with Crippen molar-refractivity contribution in [3.05, 3.63) is 45.9 Å². The monoisotopic (exact) mass is 672 g/mol. The zero-order valence-electron chi connectivity index (χ0n) is 30.6. The van der Waals surface area contributed by atoms with Crippen LogP contribution in [0.4, 0.5) is 5.69 Å². The molecule has 8 nitrogen and oxygen atoms in total. The van der Waals surface area contributed by atoms with E-state index in [1.54, 1.807) is 0 Å². The fraction of sp³-hybridized carbons (Fsp3) is 0.711.